The van der Waals surface area contributed by atoms with Gasteiger partial charge in [0.25, 0.3) is 5.91 Å². The van der Waals surface area contributed by atoms with E-state index in [0.29, 0.717) is 5.69 Å². The highest BCUT2D eigenvalue weighted by Gasteiger charge is 2.19. The molecule has 1 amide bonds. The van der Waals surface area contributed by atoms with Crippen LogP contribution in [-0.4, -0.2) is 57.1 Å². The van der Waals surface area contributed by atoms with E-state index in [1.165, 1.54) is 4.90 Å². The van der Waals surface area contributed by atoms with Gasteiger partial charge in [-0.15, -0.1) is 0 Å². The Hall–Kier alpha value is -2.18. The van der Waals surface area contributed by atoms with E-state index in [4.69, 9.17) is 10.2 Å². The lowest BCUT2D eigenvalue weighted by Gasteiger charge is -2.19. The summed E-state index contributed by atoms with van der Waals surface area (Å²) >= 11 is 0. The fourth-order valence-corrected chi connectivity index (χ4v) is 2.63. The second kappa shape index (κ2) is 7.39. The largest absolute Gasteiger partial charge is 0.395 e. The molecular formula is C17H23N3O3. The Bertz CT molecular complexity index is 668. The highest BCUT2D eigenvalue weighted by atomic mass is 16.3. The van der Waals surface area contributed by atoms with Crippen LogP contribution in [0.15, 0.2) is 24.3 Å². The summed E-state index contributed by atoms with van der Waals surface area (Å²) in [5.74, 6) is -0.292. The first-order chi connectivity index (χ1) is 11.0. The third-order valence-corrected chi connectivity index (χ3v) is 3.58. The molecule has 1 aromatic carbocycles. The number of amides is 1. The minimum atomic E-state index is -0.292. The van der Waals surface area contributed by atoms with Crippen molar-refractivity contribution in [2.75, 3.05) is 26.3 Å². The Balaban J connectivity index is 2.35. The summed E-state index contributed by atoms with van der Waals surface area (Å²) in [4.78, 5) is 13.9. The molecule has 0 saturated heterocycles. The van der Waals surface area contributed by atoms with Gasteiger partial charge in [0.05, 0.1) is 18.9 Å². The minimum Gasteiger partial charge on any atom is -0.395 e. The van der Waals surface area contributed by atoms with Crippen molar-refractivity contribution >= 4 is 5.91 Å². The number of hydrogen-bond acceptors (Lipinski definition) is 4. The molecule has 1 aromatic heterocycles. The van der Waals surface area contributed by atoms with Gasteiger partial charge in [0, 0.05) is 18.8 Å². The predicted molar refractivity (Wildman–Crippen MR) is 87.9 cm³/mol. The number of aryl methyl sites for hydroxylation is 3. The summed E-state index contributed by atoms with van der Waals surface area (Å²) in [6, 6.07) is 7.83. The van der Waals surface area contributed by atoms with Gasteiger partial charge < -0.3 is 15.1 Å². The Morgan fingerprint density at radius 3 is 2.13 bits per heavy atom. The monoisotopic (exact) mass is 317 g/mol. The van der Waals surface area contributed by atoms with Crippen LogP contribution in [0.4, 0.5) is 0 Å². The average Bonchev–Trinajstić information content (AvgIpc) is 2.87. The molecule has 2 rings (SSSR count). The van der Waals surface area contributed by atoms with Crippen LogP contribution < -0.4 is 0 Å². The molecule has 0 atom stereocenters. The number of carbonyl (C=O) groups excluding carboxylic acids is 1. The summed E-state index contributed by atoms with van der Waals surface area (Å²) < 4.78 is 1.74. The zero-order valence-corrected chi connectivity index (χ0v) is 13.8. The molecule has 0 fully saturated rings. The lowest BCUT2D eigenvalue weighted by molar-refractivity contribution is 0.0678. The highest BCUT2D eigenvalue weighted by Crippen LogP contribution is 2.17. The maximum absolute atomic E-state index is 12.5. The normalized spacial score (nSPS) is 10.8. The van der Waals surface area contributed by atoms with Crippen LogP contribution in [0.2, 0.25) is 0 Å². The van der Waals surface area contributed by atoms with Crippen LogP contribution in [0.3, 0.4) is 0 Å². The van der Waals surface area contributed by atoms with E-state index < -0.39 is 0 Å². The number of aliphatic hydroxyl groups excluding tert-OH is 2. The molecular weight excluding hydrogens is 294 g/mol. The van der Waals surface area contributed by atoms with Crippen LogP contribution in [0.25, 0.3) is 5.69 Å². The minimum absolute atomic E-state index is 0.150. The number of rotatable bonds is 6. The molecule has 2 N–H and O–H groups in total. The standard InChI is InChI=1S/C17H23N3O3/c1-12-8-13(2)10-15(9-12)20-14(3)11-16(18-20)17(23)19(4-6-21)5-7-22/h8-11,21-22H,4-7H2,1-3H3. The van der Waals surface area contributed by atoms with Crippen molar-refractivity contribution < 1.29 is 15.0 Å². The first-order valence-corrected chi connectivity index (χ1v) is 7.62. The van der Waals surface area contributed by atoms with Crippen molar-refractivity contribution in [1.82, 2.24) is 14.7 Å². The molecule has 1 heterocycles. The molecule has 124 valence electrons. The van der Waals surface area contributed by atoms with Crippen LogP contribution in [0.5, 0.6) is 0 Å². The van der Waals surface area contributed by atoms with E-state index in [-0.39, 0.29) is 32.2 Å². The summed E-state index contributed by atoms with van der Waals surface area (Å²) in [6.45, 7) is 5.98. The number of aromatic nitrogens is 2. The summed E-state index contributed by atoms with van der Waals surface area (Å²) in [7, 11) is 0. The summed E-state index contributed by atoms with van der Waals surface area (Å²) in [5, 5.41) is 22.5. The number of nitrogens with zero attached hydrogens (tertiary/aromatic N) is 3. The Labute approximate surface area is 136 Å². The summed E-state index contributed by atoms with van der Waals surface area (Å²) in [6.07, 6.45) is 0. The second-order valence-electron chi connectivity index (χ2n) is 5.67. The zero-order chi connectivity index (χ0) is 17.0. The second-order valence-corrected chi connectivity index (χ2v) is 5.67. The molecule has 0 aliphatic rings. The fourth-order valence-electron chi connectivity index (χ4n) is 2.63. The van der Waals surface area contributed by atoms with E-state index >= 15 is 0 Å². The van der Waals surface area contributed by atoms with Gasteiger partial charge in [-0.25, -0.2) is 4.68 Å². The Morgan fingerprint density at radius 1 is 1.04 bits per heavy atom. The quantitative estimate of drug-likeness (QED) is 0.840. The molecule has 0 spiro atoms. The van der Waals surface area contributed by atoms with E-state index in [9.17, 15) is 4.79 Å². The maximum atomic E-state index is 12.5. The van der Waals surface area contributed by atoms with E-state index in [1.807, 2.05) is 32.9 Å². The van der Waals surface area contributed by atoms with E-state index in [2.05, 4.69) is 11.2 Å². The van der Waals surface area contributed by atoms with Gasteiger partial charge in [0.15, 0.2) is 5.69 Å². The molecule has 0 unspecified atom stereocenters. The number of hydrogen-bond donors (Lipinski definition) is 2. The molecule has 0 saturated carbocycles. The van der Waals surface area contributed by atoms with Gasteiger partial charge in [-0.1, -0.05) is 6.07 Å². The van der Waals surface area contributed by atoms with E-state index in [0.717, 1.165) is 22.5 Å². The lowest BCUT2D eigenvalue weighted by Crippen LogP contribution is -2.36. The number of benzene rings is 1. The van der Waals surface area contributed by atoms with Crippen molar-refractivity contribution in [3.63, 3.8) is 0 Å². The van der Waals surface area contributed by atoms with Gasteiger partial charge in [-0.05, 0) is 50.1 Å². The molecule has 6 heteroatoms. The zero-order valence-electron chi connectivity index (χ0n) is 13.8. The van der Waals surface area contributed by atoms with E-state index in [1.54, 1.807) is 10.7 Å². The van der Waals surface area contributed by atoms with Crippen LogP contribution in [0, 0.1) is 20.8 Å². The average molecular weight is 317 g/mol. The maximum Gasteiger partial charge on any atom is 0.274 e. The van der Waals surface area contributed by atoms with Crippen molar-refractivity contribution in [2.24, 2.45) is 0 Å². The Kier molecular flexibility index (Phi) is 5.52. The molecule has 0 radical (unpaired) electrons. The Morgan fingerprint density at radius 2 is 1.61 bits per heavy atom. The van der Waals surface area contributed by atoms with Gasteiger partial charge in [-0.2, -0.15) is 5.10 Å². The molecule has 0 aliphatic carbocycles. The SMILES string of the molecule is Cc1cc(C)cc(-n2nc(C(=O)N(CCO)CCO)cc2C)c1. The molecule has 0 bridgehead atoms. The van der Waals surface area contributed by atoms with Gasteiger partial charge in [0.2, 0.25) is 0 Å². The predicted octanol–water partition coefficient (Wildman–Crippen LogP) is 1.22. The highest BCUT2D eigenvalue weighted by molar-refractivity contribution is 5.92. The fraction of sp³-hybridized carbons (Fsp3) is 0.412. The van der Waals surface area contributed by atoms with Crippen LogP contribution >= 0.6 is 0 Å². The lowest BCUT2D eigenvalue weighted by atomic mass is 10.1. The van der Waals surface area contributed by atoms with Crippen molar-refractivity contribution in [3.05, 3.63) is 46.8 Å². The number of aliphatic hydroxyl groups is 2. The summed E-state index contributed by atoms with van der Waals surface area (Å²) in [5.41, 5.74) is 4.33. The smallest absolute Gasteiger partial charge is 0.274 e. The first kappa shape index (κ1) is 17.2. The van der Waals surface area contributed by atoms with Gasteiger partial charge >= 0.3 is 0 Å². The van der Waals surface area contributed by atoms with Gasteiger partial charge in [0.1, 0.15) is 0 Å². The number of carbonyl (C=O) groups is 1. The molecule has 23 heavy (non-hydrogen) atoms. The third kappa shape index (κ3) is 3.97. The van der Waals surface area contributed by atoms with Crippen molar-refractivity contribution in [3.8, 4) is 5.69 Å². The van der Waals surface area contributed by atoms with Crippen LogP contribution in [0.1, 0.15) is 27.3 Å². The molecule has 2 aromatic rings. The van der Waals surface area contributed by atoms with Crippen molar-refractivity contribution in [1.29, 1.82) is 0 Å². The van der Waals surface area contributed by atoms with Crippen LogP contribution in [-0.2, 0) is 0 Å². The van der Waals surface area contributed by atoms with Crippen molar-refractivity contribution in [2.45, 2.75) is 20.8 Å². The van der Waals surface area contributed by atoms with Gasteiger partial charge in [-0.3, -0.25) is 4.79 Å². The molecule has 0 aliphatic heterocycles. The topological polar surface area (TPSA) is 78.6 Å². The first-order valence-electron chi connectivity index (χ1n) is 7.62. The third-order valence-electron chi connectivity index (χ3n) is 3.58. The molecule has 6 nitrogen and oxygen atoms in total.